The van der Waals surface area contributed by atoms with Crippen molar-refractivity contribution in [2.45, 2.75) is 26.8 Å². The number of carbonyl (C=O) groups is 2. The van der Waals surface area contributed by atoms with Crippen molar-refractivity contribution in [1.29, 1.82) is 0 Å². The van der Waals surface area contributed by atoms with Gasteiger partial charge in [-0.2, -0.15) is 0 Å². The van der Waals surface area contributed by atoms with Gasteiger partial charge in [-0.15, -0.1) is 0 Å². The molecule has 5 rings (SSSR count). The number of nitrogens with one attached hydrogen (secondary N) is 1. The lowest BCUT2D eigenvalue weighted by Gasteiger charge is -2.20. The molecule has 1 amide bonds. The van der Waals surface area contributed by atoms with Crippen LogP contribution in [-0.4, -0.2) is 36.1 Å². The molecule has 0 bridgehead atoms. The van der Waals surface area contributed by atoms with Crippen molar-refractivity contribution < 1.29 is 23.8 Å². The Hall–Kier alpha value is -4.59. The fourth-order valence-corrected chi connectivity index (χ4v) is 4.42. The predicted octanol–water partition coefficient (Wildman–Crippen LogP) is 4.60. The molecule has 0 spiro atoms. The van der Waals surface area contributed by atoms with Gasteiger partial charge in [0, 0.05) is 23.5 Å². The van der Waals surface area contributed by atoms with Crippen LogP contribution in [0.5, 0.6) is 17.2 Å². The van der Waals surface area contributed by atoms with Gasteiger partial charge >= 0.3 is 0 Å². The lowest BCUT2D eigenvalue weighted by molar-refractivity contribution is -0.116. The summed E-state index contributed by atoms with van der Waals surface area (Å²) in [5.41, 5.74) is 2.12. The first kappa shape index (κ1) is 25.1. The summed E-state index contributed by atoms with van der Waals surface area (Å²) in [6.45, 7) is 5.10. The molecule has 0 saturated heterocycles. The summed E-state index contributed by atoms with van der Waals surface area (Å²) in [6.07, 6.45) is 2.29. The van der Waals surface area contributed by atoms with Crippen molar-refractivity contribution in [3.8, 4) is 17.2 Å². The monoisotopic (exact) mass is 512 g/mol. The maximum absolute atomic E-state index is 13.5. The number of ketones is 1. The van der Waals surface area contributed by atoms with Crippen LogP contribution in [0.15, 0.2) is 71.7 Å². The maximum atomic E-state index is 13.5. The normalized spacial score (nSPS) is 12.3. The van der Waals surface area contributed by atoms with E-state index in [-0.39, 0.29) is 23.4 Å². The van der Waals surface area contributed by atoms with E-state index in [0.717, 1.165) is 12.0 Å². The van der Waals surface area contributed by atoms with E-state index >= 15 is 0 Å². The molecule has 1 N–H and O–H groups in total. The second-order valence-electron chi connectivity index (χ2n) is 8.90. The molecule has 8 heteroatoms. The van der Waals surface area contributed by atoms with Crippen molar-refractivity contribution in [3.63, 3.8) is 0 Å². The SMILES string of the molecule is CCOc1ccc(NC(=O)Cn2cc(C(=O)c3ccc(CC)cc3)c(=O)c3cc4c(cc32)OCCO4)cc1. The Kier molecular flexibility index (Phi) is 7.13. The summed E-state index contributed by atoms with van der Waals surface area (Å²) in [6, 6.07) is 17.5. The summed E-state index contributed by atoms with van der Waals surface area (Å²) in [4.78, 5) is 40.0. The van der Waals surface area contributed by atoms with Gasteiger partial charge in [0.05, 0.1) is 23.1 Å². The molecule has 1 aliphatic heterocycles. The van der Waals surface area contributed by atoms with Gasteiger partial charge in [-0.1, -0.05) is 31.2 Å². The highest BCUT2D eigenvalue weighted by Gasteiger charge is 2.22. The van der Waals surface area contributed by atoms with Gasteiger partial charge in [-0.3, -0.25) is 14.4 Å². The number of benzene rings is 3. The summed E-state index contributed by atoms with van der Waals surface area (Å²) in [5, 5.41) is 3.14. The van der Waals surface area contributed by atoms with E-state index in [1.54, 1.807) is 53.1 Å². The second-order valence-corrected chi connectivity index (χ2v) is 8.90. The number of pyridine rings is 1. The molecule has 1 aromatic heterocycles. The van der Waals surface area contributed by atoms with E-state index in [2.05, 4.69) is 5.32 Å². The Morgan fingerprint density at radius 1 is 0.947 bits per heavy atom. The van der Waals surface area contributed by atoms with Crippen molar-refractivity contribution >= 4 is 28.3 Å². The summed E-state index contributed by atoms with van der Waals surface area (Å²) >= 11 is 0. The first-order valence-electron chi connectivity index (χ1n) is 12.6. The van der Waals surface area contributed by atoms with Crippen molar-refractivity contribution in [1.82, 2.24) is 4.57 Å². The summed E-state index contributed by atoms with van der Waals surface area (Å²) in [5.74, 6) is 0.898. The van der Waals surface area contributed by atoms with E-state index < -0.39 is 11.2 Å². The Balaban J connectivity index is 1.53. The van der Waals surface area contributed by atoms with Crippen LogP contribution < -0.4 is 25.0 Å². The van der Waals surface area contributed by atoms with E-state index in [9.17, 15) is 14.4 Å². The molecule has 2 heterocycles. The zero-order chi connectivity index (χ0) is 26.6. The number of aromatic nitrogens is 1. The zero-order valence-corrected chi connectivity index (χ0v) is 21.3. The summed E-state index contributed by atoms with van der Waals surface area (Å²) in [7, 11) is 0. The van der Waals surface area contributed by atoms with Gasteiger partial charge in [0.1, 0.15) is 25.5 Å². The maximum Gasteiger partial charge on any atom is 0.244 e. The average Bonchev–Trinajstić information content (AvgIpc) is 2.94. The van der Waals surface area contributed by atoms with Gasteiger partial charge in [-0.25, -0.2) is 0 Å². The first-order valence-corrected chi connectivity index (χ1v) is 12.6. The molecule has 0 atom stereocenters. The minimum absolute atomic E-state index is 0.0210. The van der Waals surface area contributed by atoms with Crippen molar-refractivity contribution in [3.05, 3.63) is 93.8 Å². The van der Waals surface area contributed by atoms with Crippen LogP contribution in [0.4, 0.5) is 5.69 Å². The fraction of sp³-hybridized carbons (Fsp3) is 0.233. The summed E-state index contributed by atoms with van der Waals surface area (Å²) < 4.78 is 18.4. The predicted molar refractivity (Wildman–Crippen MR) is 145 cm³/mol. The Bertz CT molecular complexity index is 1560. The molecule has 0 radical (unpaired) electrons. The Morgan fingerprint density at radius 2 is 1.63 bits per heavy atom. The van der Waals surface area contributed by atoms with Crippen LogP contribution in [0.1, 0.15) is 35.3 Å². The molecule has 8 nitrogen and oxygen atoms in total. The molecule has 3 aromatic carbocycles. The third-order valence-electron chi connectivity index (χ3n) is 6.38. The highest BCUT2D eigenvalue weighted by atomic mass is 16.6. The van der Waals surface area contributed by atoms with Crippen LogP contribution in [-0.2, 0) is 17.8 Å². The van der Waals surface area contributed by atoms with E-state index in [1.807, 2.05) is 26.0 Å². The van der Waals surface area contributed by atoms with Crippen LogP contribution in [0.3, 0.4) is 0 Å². The molecule has 0 saturated carbocycles. The van der Waals surface area contributed by atoms with Gasteiger partial charge in [0.25, 0.3) is 0 Å². The topological polar surface area (TPSA) is 95.9 Å². The standard InChI is InChI=1S/C30H28N2O6/c1-3-19-5-7-20(8-6-19)29(34)24-17-32(18-28(33)31-21-9-11-22(12-10-21)36-4-2)25-16-27-26(37-13-14-38-27)15-23(25)30(24)35/h5-12,15-17H,3-4,13-14,18H2,1-2H3,(H,31,33). The van der Waals surface area contributed by atoms with Gasteiger partial charge in [0.2, 0.25) is 11.3 Å². The number of rotatable bonds is 8. The lowest BCUT2D eigenvalue weighted by Crippen LogP contribution is -2.25. The molecule has 4 aromatic rings. The zero-order valence-electron chi connectivity index (χ0n) is 21.3. The minimum atomic E-state index is -0.426. The quantitative estimate of drug-likeness (QED) is 0.347. The number of anilines is 1. The first-order chi connectivity index (χ1) is 18.5. The second kappa shape index (κ2) is 10.8. The highest BCUT2D eigenvalue weighted by molar-refractivity contribution is 6.10. The molecule has 38 heavy (non-hydrogen) atoms. The van der Waals surface area contributed by atoms with Crippen molar-refractivity contribution in [2.24, 2.45) is 0 Å². The number of nitrogens with zero attached hydrogens (tertiary/aromatic N) is 1. The number of hydrogen-bond donors (Lipinski definition) is 1. The van der Waals surface area contributed by atoms with E-state index in [0.29, 0.717) is 53.8 Å². The number of fused-ring (bicyclic) bond motifs is 2. The van der Waals surface area contributed by atoms with Crippen LogP contribution in [0.25, 0.3) is 10.9 Å². The number of ether oxygens (including phenoxy) is 3. The van der Waals surface area contributed by atoms with E-state index in [1.165, 1.54) is 6.20 Å². The van der Waals surface area contributed by atoms with E-state index in [4.69, 9.17) is 14.2 Å². The number of carbonyl (C=O) groups excluding carboxylic acids is 2. The average molecular weight is 513 g/mol. The van der Waals surface area contributed by atoms with Gasteiger partial charge in [0.15, 0.2) is 17.3 Å². The molecular formula is C30H28N2O6. The number of hydrogen-bond acceptors (Lipinski definition) is 6. The van der Waals surface area contributed by atoms with Gasteiger partial charge in [-0.05, 0) is 49.2 Å². The minimum Gasteiger partial charge on any atom is -0.494 e. The molecule has 0 fully saturated rings. The van der Waals surface area contributed by atoms with Crippen molar-refractivity contribution in [2.75, 3.05) is 25.1 Å². The Labute approximate surface area is 219 Å². The molecule has 194 valence electrons. The molecule has 1 aliphatic rings. The third-order valence-corrected chi connectivity index (χ3v) is 6.38. The molecule has 0 unspecified atom stereocenters. The Morgan fingerprint density at radius 3 is 2.29 bits per heavy atom. The lowest BCUT2D eigenvalue weighted by atomic mass is 10.0. The van der Waals surface area contributed by atoms with Crippen LogP contribution in [0, 0.1) is 0 Å². The highest BCUT2D eigenvalue weighted by Crippen LogP contribution is 2.34. The fourth-order valence-electron chi connectivity index (χ4n) is 4.42. The van der Waals surface area contributed by atoms with Crippen LogP contribution >= 0.6 is 0 Å². The molecular weight excluding hydrogens is 484 g/mol. The third kappa shape index (κ3) is 5.11. The van der Waals surface area contributed by atoms with Gasteiger partial charge < -0.3 is 24.1 Å². The molecule has 0 aliphatic carbocycles. The smallest absolute Gasteiger partial charge is 0.244 e. The van der Waals surface area contributed by atoms with Crippen LogP contribution in [0.2, 0.25) is 0 Å². The largest absolute Gasteiger partial charge is 0.494 e. The number of aryl methyl sites for hydroxylation is 1. The number of amides is 1.